The van der Waals surface area contributed by atoms with Crippen LogP contribution in [-0.4, -0.2) is 28.8 Å². The summed E-state index contributed by atoms with van der Waals surface area (Å²) in [6.07, 6.45) is 5.76. The summed E-state index contributed by atoms with van der Waals surface area (Å²) in [5, 5.41) is 6.64. The Morgan fingerprint density at radius 1 is 1.32 bits per heavy atom. The molecule has 2 rings (SSSR count). The van der Waals surface area contributed by atoms with Crippen LogP contribution in [0.2, 0.25) is 0 Å². The van der Waals surface area contributed by atoms with Crippen LogP contribution in [0, 0.1) is 0 Å². The topological polar surface area (TPSA) is 63.2 Å². The molecule has 1 saturated carbocycles. The Balaban J connectivity index is 1.70. The summed E-state index contributed by atoms with van der Waals surface area (Å²) in [6.45, 7) is 7.83. The van der Waals surface area contributed by atoms with E-state index < -0.39 is 5.60 Å². The van der Waals surface area contributed by atoms with Gasteiger partial charge in [-0.05, 0) is 53.4 Å². The van der Waals surface area contributed by atoms with Crippen molar-refractivity contribution in [3.8, 4) is 0 Å². The van der Waals surface area contributed by atoms with Crippen molar-refractivity contribution in [2.24, 2.45) is 0 Å². The van der Waals surface area contributed by atoms with Crippen LogP contribution in [0.5, 0.6) is 0 Å². The van der Waals surface area contributed by atoms with Crippen LogP contribution in [-0.2, 0) is 4.74 Å². The molecule has 0 aromatic carbocycles. The zero-order valence-corrected chi connectivity index (χ0v) is 14.7. The second-order valence-electron chi connectivity index (χ2n) is 6.99. The summed E-state index contributed by atoms with van der Waals surface area (Å²) in [6, 6.07) is 1.08. The molecule has 5 nitrogen and oxygen atoms in total. The van der Waals surface area contributed by atoms with Gasteiger partial charge in [-0.2, -0.15) is 0 Å². The number of hydrogen-bond donors (Lipinski definition) is 2. The second-order valence-corrected chi connectivity index (χ2v) is 7.90. The predicted octanol–water partition coefficient (Wildman–Crippen LogP) is 3.63. The van der Waals surface area contributed by atoms with Gasteiger partial charge in [-0.25, -0.2) is 4.79 Å². The number of carbonyl (C=O) groups excluding carboxylic acids is 1. The smallest absolute Gasteiger partial charge is 0.407 e. The zero-order chi connectivity index (χ0) is 16.2. The van der Waals surface area contributed by atoms with Gasteiger partial charge in [0.15, 0.2) is 0 Å². The summed E-state index contributed by atoms with van der Waals surface area (Å²) in [7, 11) is 0. The maximum atomic E-state index is 11.8. The van der Waals surface area contributed by atoms with Crippen molar-refractivity contribution in [3.05, 3.63) is 16.6 Å². The predicted molar refractivity (Wildman–Crippen MR) is 89.1 cm³/mol. The highest BCUT2D eigenvalue weighted by Crippen LogP contribution is 2.23. The molecule has 0 saturated heterocycles. The molecule has 0 spiro atoms. The number of nitrogens with zero attached hydrogens (tertiary/aromatic N) is 1. The molecule has 1 aliphatic carbocycles. The summed E-state index contributed by atoms with van der Waals surface area (Å²) in [5.74, 6) is 0. The minimum atomic E-state index is -0.437. The lowest BCUT2D eigenvalue weighted by atomic mass is 9.91. The van der Waals surface area contributed by atoms with Gasteiger partial charge in [0.05, 0.1) is 5.51 Å². The average molecular weight is 325 g/mol. The molecular formula is C16H27N3O2S. The number of nitrogens with one attached hydrogen (secondary N) is 2. The molecular weight excluding hydrogens is 298 g/mol. The fourth-order valence-corrected chi connectivity index (χ4v) is 3.39. The Bertz CT molecular complexity index is 462. The summed E-state index contributed by atoms with van der Waals surface area (Å²) < 4.78 is 5.31. The van der Waals surface area contributed by atoms with Gasteiger partial charge in [-0.1, -0.05) is 0 Å². The van der Waals surface area contributed by atoms with Crippen LogP contribution >= 0.6 is 11.3 Å². The van der Waals surface area contributed by atoms with E-state index in [1.807, 2.05) is 32.5 Å². The second kappa shape index (κ2) is 7.42. The van der Waals surface area contributed by atoms with E-state index in [1.54, 1.807) is 11.3 Å². The van der Waals surface area contributed by atoms with Crippen molar-refractivity contribution >= 4 is 17.4 Å². The molecule has 1 aromatic heterocycles. The number of ether oxygens (including phenoxy) is 1. The largest absolute Gasteiger partial charge is 0.444 e. The van der Waals surface area contributed by atoms with E-state index in [-0.39, 0.29) is 12.1 Å². The first-order chi connectivity index (χ1) is 10.3. The standard InChI is InChI=1S/C16H27N3O2S/c1-11(14-9-17-10-22-14)18-12-5-7-13(8-6-12)19-15(20)21-16(2,3)4/h9-13,18H,5-8H2,1-4H3,(H,19,20). The van der Waals surface area contributed by atoms with Crippen LogP contribution < -0.4 is 10.6 Å². The number of amides is 1. The highest BCUT2D eigenvalue weighted by molar-refractivity contribution is 7.09. The summed E-state index contributed by atoms with van der Waals surface area (Å²) in [4.78, 5) is 17.2. The first-order valence-corrected chi connectivity index (χ1v) is 8.85. The van der Waals surface area contributed by atoms with E-state index in [1.165, 1.54) is 4.88 Å². The van der Waals surface area contributed by atoms with Crippen molar-refractivity contribution in [1.29, 1.82) is 0 Å². The summed E-state index contributed by atoms with van der Waals surface area (Å²) >= 11 is 1.69. The SMILES string of the molecule is CC(NC1CCC(NC(=O)OC(C)(C)C)CC1)c1cncs1. The molecule has 22 heavy (non-hydrogen) atoms. The van der Waals surface area contributed by atoms with Gasteiger partial charge in [0.25, 0.3) is 0 Å². The molecule has 1 atom stereocenters. The molecule has 1 aromatic rings. The highest BCUT2D eigenvalue weighted by atomic mass is 32.1. The normalized spacial score (nSPS) is 23.8. The molecule has 1 heterocycles. The van der Waals surface area contributed by atoms with E-state index in [0.29, 0.717) is 12.1 Å². The number of carbonyl (C=O) groups is 1. The van der Waals surface area contributed by atoms with Crippen LogP contribution in [0.4, 0.5) is 4.79 Å². The Morgan fingerprint density at radius 2 is 1.95 bits per heavy atom. The molecule has 1 unspecified atom stereocenters. The molecule has 0 aliphatic heterocycles. The van der Waals surface area contributed by atoms with Gasteiger partial charge < -0.3 is 15.4 Å². The van der Waals surface area contributed by atoms with E-state index in [4.69, 9.17) is 4.74 Å². The molecule has 1 fully saturated rings. The van der Waals surface area contributed by atoms with Gasteiger partial charge in [0.2, 0.25) is 0 Å². The molecule has 1 aliphatic rings. The van der Waals surface area contributed by atoms with Crippen LogP contribution in [0.3, 0.4) is 0 Å². The lowest BCUT2D eigenvalue weighted by Gasteiger charge is -2.32. The third-order valence-electron chi connectivity index (χ3n) is 3.81. The molecule has 124 valence electrons. The van der Waals surface area contributed by atoms with Crippen LogP contribution in [0.15, 0.2) is 11.7 Å². The Kier molecular flexibility index (Phi) is 5.81. The van der Waals surface area contributed by atoms with E-state index in [2.05, 4.69) is 22.5 Å². The van der Waals surface area contributed by atoms with Crippen molar-refractivity contribution in [1.82, 2.24) is 15.6 Å². The minimum Gasteiger partial charge on any atom is -0.444 e. The van der Waals surface area contributed by atoms with Crippen molar-refractivity contribution < 1.29 is 9.53 Å². The Labute approximate surface area is 136 Å². The number of thiazole rings is 1. The van der Waals surface area contributed by atoms with Gasteiger partial charge in [0, 0.05) is 29.2 Å². The van der Waals surface area contributed by atoms with Gasteiger partial charge in [-0.15, -0.1) is 11.3 Å². The summed E-state index contributed by atoms with van der Waals surface area (Å²) in [5.41, 5.74) is 1.43. The zero-order valence-electron chi connectivity index (χ0n) is 13.9. The van der Waals surface area contributed by atoms with E-state index in [0.717, 1.165) is 25.7 Å². The molecule has 0 radical (unpaired) electrons. The lowest BCUT2D eigenvalue weighted by Crippen LogP contribution is -2.44. The molecule has 2 N–H and O–H groups in total. The Hall–Kier alpha value is -1.14. The number of hydrogen-bond acceptors (Lipinski definition) is 5. The molecule has 1 amide bonds. The maximum absolute atomic E-state index is 11.8. The quantitative estimate of drug-likeness (QED) is 0.887. The number of alkyl carbamates (subject to hydrolysis) is 1. The molecule has 6 heteroatoms. The van der Waals surface area contributed by atoms with Crippen molar-refractivity contribution in [2.75, 3.05) is 0 Å². The highest BCUT2D eigenvalue weighted by Gasteiger charge is 2.25. The maximum Gasteiger partial charge on any atom is 0.407 e. The number of rotatable bonds is 4. The van der Waals surface area contributed by atoms with Crippen molar-refractivity contribution in [2.45, 2.75) is 77.1 Å². The molecule has 0 bridgehead atoms. The lowest BCUT2D eigenvalue weighted by molar-refractivity contribution is 0.0489. The third-order valence-corrected chi connectivity index (χ3v) is 4.77. The van der Waals surface area contributed by atoms with Crippen LogP contribution in [0.25, 0.3) is 0 Å². The van der Waals surface area contributed by atoms with E-state index in [9.17, 15) is 4.79 Å². The third kappa shape index (κ3) is 5.57. The first-order valence-electron chi connectivity index (χ1n) is 7.97. The fourth-order valence-electron chi connectivity index (χ4n) is 2.75. The van der Waals surface area contributed by atoms with Gasteiger partial charge in [-0.3, -0.25) is 4.98 Å². The average Bonchev–Trinajstić information content (AvgIpc) is 2.92. The first kappa shape index (κ1) is 17.2. The fraction of sp³-hybridized carbons (Fsp3) is 0.750. The monoisotopic (exact) mass is 325 g/mol. The minimum absolute atomic E-state index is 0.228. The Morgan fingerprint density at radius 3 is 2.50 bits per heavy atom. The number of aromatic nitrogens is 1. The van der Waals surface area contributed by atoms with E-state index >= 15 is 0 Å². The van der Waals surface area contributed by atoms with Gasteiger partial charge >= 0.3 is 6.09 Å². The van der Waals surface area contributed by atoms with Crippen LogP contribution in [0.1, 0.15) is 64.3 Å². The van der Waals surface area contributed by atoms with Crippen molar-refractivity contribution in [3.63, 3.8) is 0 Å². The van der Waals surface area contributed by atoms with Gasteiger partial charge in [0.1, 0.15) is 5.60 Å².